The van der Waals surface area contributed by atoms with Crippen molar-refractivity contribution in [3.05, 3.63) is 18.2 Å². The summed E-state index contributed by atoms with van der Waals surface area (Å²) in [5, 5.41) is 0. The van der Waals surface area contributed by atoms with Crippen molar-refractivity contribution in [3.63, 3.8) is 0 Å². The first-order valence-corrected chi connectivity index (χ1v) is 5.29. The second kappa shape index (κ2) is 5.50. The largest absolute Gasteiger partial charge is 0.495 e. The second-order valence-corrected chi connectivity index (χ2v) is 3.73. The normalized spacial score (nSPS) is 9.73. The topological polar surface area (TPSA) is 61.6 Å². The first kappa shape index (κ1) is 11.7. The quantitative estimate of drug-likeness (QED) is 0.770. The summed E-state index contributed by atoms with van der Waals surface area (Å²) < 4.78 is 10.3. The Morgan fingerprint density at radius 2 is 1.87 bits per heavy atom. The highest BCUT2D eigenvalue weighted by atomic mass is 32.2. The molecule has 0 heterocycles. The molecule has 0 radical (unpaired) electrons. The Balaban J connectivity index is 2.94. The first-order chi connectivity index (χ1) is 7.19. The van der Waals surface area contributed by atoms with Gasteiger partial charge in [-0.15, -0.1) is 11.8 Å². The number of carbonyl (C=O) groups excluding carboxylic acids is 1. The van der Waals surface area contributed by atoms with Gasteiger partial charge in [-0.05, 0) is 12.1 Å². The van der Waals surface area contributed by atoms with Crippen molar-refractivity contribution in [1.29, 1.82) is 0 Å². The van der Waals surface area contributed by atoms with Gasteiger partial charge in [0.05, 0.1) is 24.9 Å². The third kappa shape index (κ3) is 3.06. The van der Waals surface area contributed by atoms with E-state index in [0.29, 0.717) is 11.5 Å². The molecule has 0 saturated carbocycles. The predicted octanol–water partition coefficient (Wildman–Crippen LogP) is 1.28. The molecule has 1 aromatic carbocycles. The lowest BCUT2D eigenvalue weighted by Gasteiger charge is -2.11. The van der Waals surface area contributed by atoms with E-state index >= 15 is 0 Å². The van der Waals surface area contributed by atoms with Gasteiger partial charge in [0, 0.05) is 0 Å². The fourth-order valence-electron chi connectivity index (χ4n) is 1.10. The van der Waals surface area contributed by atoms with Crippen LogP contribution in [0.2, 0.25) is 0 Å². The van der Waals surface area contributed by atoms with Crippen molar-refractivity contribution in [2.75, 3.05) is 20.0 Å². The maximum Gasteiger partial charge on any atom is 0.227 e. The molecule has 0 aliphatic carbocycles. The van der Waals surface area contributed by atoms with Gasteiger partial charge in [-0.2, -0.15) is 0 Å². The van der Waals surface area contributed by atoms with E-state index in [-0.39, 0.29) is 11.7 Å². The van der Waals surface area contributed by atoms with Gasteiger partial charge >= 0.3 is 0 Å². The van der Waals surface area contributed by atoms with E-state index in [1.807, 2.05) is 18.2 Å². The molecule has 0 fully saturated rings. The van der Waals surface area contributed by atoms with Gasteiger partial charge in [-0.1, -0.05) is 6.07 Å². The second-order valence-electron chi connectivity index (χ2n) is 2.75. The van der Waals surface area contributed by atoms with Crippen LogP contribution in [0.5, 0.6) is 11.5 Å². The highest BCUT2D eigenvalue weighted by molar-refractivity contribution is 8.00. The number of rotatable bonds is 5. The number of thioether (sulfide) groups is 1. The SMILES string of the molecule is COc1cccc(OC)c1SCC(N)=O. The smallest absolute Gasteiger partial charge is 0.227 e. The zero-order valence-electron chi connectivity index (χ0n) is 8.65. The molecule has 15 heavy (non-hydrogen) atoms. The Morgan fingerprint density at radius 3 is 2.27 bits per heavy atom. The van der Waals surface area contributed by atoms with Crippen molar-refractivity contribution < 1.29 is 14.3 Å². The van der Waals surface area contributed by atoms with Crippen LogP contribution in [0.25, 0.3) is 0 Å². The summed E-state index contributed by atoms with van der Waals surface area (Å²) in [5.41, 5.74) is 5.08. The van der Waals surface area contributed by atoms with Gasteiger partial charge in [-0.3, -0.25) is 4.79 Å². The van der Waals surface area contributed by atoms with E-state index in [1.54, 1.807) is 14.2 Å². The minimum Gasteiger partial charge on any atom is -0.495 e. The van der Waals surface area contributed by atoms with Crippen LogP contribution in [0.15, 0.2) is 23.1 Å². The van der Waals surface area contributed by atoms with Crippen molar-refractivity contribution in [2.24, 2.45) is 5.73 Å². The number of primary amides is 1. The molecule has 1 rings (SSSR count). The summed E-state index contributed by atoms with van der Waals surface area (Å²) in [7, 11) is 3.15. The lowest BCUT2D eigenvalue weighted by molar-refractivity contribution is -0.115. The number of ether oxygens (including phenoxy) is 2. The molecule has 1 amide bonds. The zero-order valence-corrected chi connectivity index (χ0v) is 9.47. The molecular weight excluding hydrogens is 214 g/mol. The fourth-order valence-corrected chi connectivity index (χ4v) is 1.98. The molecular formula is C10H13NO3S. The van der Waals surface area contributed by atoms with Crippen molar-refractivity contribution in [2.45, 2.75) is 4.90 Å². The van der Waals surface area contributed by atoms with Gasteiger partial charge in [0.15, 0.2) is 0 Å². The lowest BCUT2D eigenvalue weighted by atomic mass is 10.3. The van der Waals surface area contributed by atoms with E-state index in [1.165, 1.54) is 11.8 Å². The van der Waals surface area contributed by atoms with Crippen LogP contribution in [-0.4, -0.2) is 25.9 Å². The Kier molecular flexibility index (Phi) is 4.30. The molecule has 0 bridgehead atoms. The van der Waals surface area contributed by atoms with E-state index in [9.17, 15) is 4.79 Å². The molecule has 0 atom stereocenters. The summed E-state index contributed by atoms with van der Waals surface area (Å²) in [6.45, 7) is 0. The highest BCUT2D eigenvalue weighted by Gasteiger charge is 2.11. The number of benzene rings is 1. The molecule has 4 nitrogen and oxygen atoms in total. The monoisotopic (exact) mass is 227 g/mol. The molecule has 0 aliphatic heterocycles. The average molecular weight is 227 g/mol. The molecule has 5 heteroatoms. The first-order valence-electron chi connectivity index (χ1n) is 4.31. The number of hydrogen-bond donors (Lipinski definition) is 1. The van der Waals surface area contributed by atoms with Crippen molar-refractivity contribution in [1.82, 2.24) is 0 Å². The van der Waals surface area contributed by atoms with Gasteiger partial charge in [-0.25, -0.2) is 0 Å². The summed E-state index contributed by atoms with van der Waals surface area (Å²) in [4.78, 5) is 11.5. The number of nitrogens with two attached hydrogens (primary N) is 1. The molecule has 2 N–H and O–H groups in total. The van der Waals surface area contributed by atoms with Crippen LogP contribution in [0.4, 0.5) is 0 Å². The fraction of sp³-hybridized carbons (Fsp3) is 0.300. The molecule has 0 unspecified atom stereocenters. The number of amides is 1. The Hall–Kier alpha value is -1.36. The van der Waals surface area contributed by atoms with E-state index in [4.69, 9.17) is 15.2 Å². The van der Waals surface area contributed by atoms with Crippen LogP contribution in [0.1, 0.15) is 0 Å². The Bertz CT molecular complexity index is 332. The van der Waals surface area contributed by atoms with Gasteiger partial charge in [0.25, 0.3) is 0 Å². The molecule has 0 aliphatic rings. The number of hydrogen-bond acceptors (Lipinski definition) is 4. The molecule has 0 aromatic heterocycles. The Morgan fingerprint density at radius 1 is 1.33 bits per heavy atom. The summed E-state index contributed by atoms with van der Waals surface area (Å²) in [5.74, 6) is 1.20. The molecule has 82 valence electrons. The third-order valence-electron chi connectivity index (χ3n) is 1.74. The van der Waals surface area contributed by atoms with Gasteiger partial charge in [0.1, 0.15) is 11.5 Å². The van der Waals surface area contributed by atoms with Crippen molar-refractivity contribution in [3.8, 4) is 11.5 Å². The minimum absolute atomic E-state index is 0.205. The zero-order chi connectivity index (χ0) is 11.3. The van der Waals surface area contributed by atoms with Gasteiger partial charge < -0.3 is 15.2 Å². The molecule has 0 spiro atoms. The summed E-state index contributed by atoms with van der Waals surface area (Å²) in [6.07, 6.45) is 0. The van der Waals surface area contributed by atoms with E-state index in [0.717, 1.165) is 4.90 Å². The lowest BCUT2D eigenvalue weighted by Crippen LogP contribution is -2.13. The van der Waals surface area contributed by atoms with Crippen LogP contribution in [0.3, 0.4) is 0 Å². The standard InChI is InChI=1S/C10H13NO3S/c1-13-7-4-3-5-8(14-2)10(7)15-6-9(11)12/h3-5H,6H2,1-2H3,(H2,11,12). The maximum absolute atomic E-state index is 10.7. The third-order valence-corrected chi connectivity index (χ3v) is 2.86. The maximum atomic E-state index is 10.7. The van der Waals surface area contributed by atoms with E-state index in [2.05, 4.69) is 0 Å². The van der Waals surface area contributed by atoms with Crippen LogP contribution >= 0.6 is 11.8 Å². The summed E-state index contributed by atoms with van der Waals surface area (Å²) >= 11 is 1.31. The number of methoxy groups -OCH3 is 2. The van der Waals surface area contributed by atoms with E-state index < -0.39 is 0 Å². The minimum atomic E-state index is -0.368. The number of carbonyl (C=O) groups is 1. The molecule has 0 saturated heterocycles. The highest BCUT2D eigenvalue weighted by Crippen LogP contribution is 2.37. The van der Waals surface area contributed by atoms with Gasteiger partial charge in [0.2, 0.25) is 5.91 Å². The Labute approximate surface area is 92.7 Å². The van der Waals surface area contributed by atoms with Crippen LogP contribution < -0.4 is 15.2 Å². The predicted molar refractivity (Wildman–Crippen MR) is 59.5 cm³/mol. The summed E-state index contributed by atoms with van der Waals surface area (Å²) in [6, 6.07) is 5.45. The van der Waals surface area contributed by atoms with Crippen molar-refractivity contribution >= 4 is 17.7 Å². The molecule has 1 aromatic rings. The average Bonchev–Trinajstić information content (AvgIpc) is 2.25. The van der Waals surface area contributed by atoms with Crippen LogP contribution in [0, 0.1) is 0 Å². The van der Waals surface area contributed by atoms with Crippen LogP contribution in [-0.2, 0) is 4.79 Å².